The summed E-state index contributed by atoms with van der Waals surface area (Å²) in [6, 6.07) is 4.77. The second-order valence-electron chi connectivity index (χ2n) is 7.37. The van der Waals surface area contributed by atoms with Crippen LogP contribution in [0.5, 0.6) is 0 Å². The van der Waals surface area contributed by atoms with Crippen LogP contribution in [0.2, 0.25) is 0 Å². The molecule has 3 heterocycles. The lowest BCUT2D eigenvalue weighted by atomic mass is 9.84. The maximum atomic E-state index is 6.02. The maximum absolute atomic E-state index is 6.02. The molecule has 0 atom stereocenters. The Morgan fingerprint density at radius 1 is 1.00 bits per heavy atom. The van der Waals surface area contributed by atoms with Crippen LogP contribution in [-0.4, -0.2) is 48.6 Å². The van der Waals surface area contributed by atoms with Crippen molar-refractivity contribution in [1.82, 2.24) is 9.88 Å². The number of anilines is 1. The number of nitrogens with two attached hydrogens (primary N) is 1. The third kappa shape index (κ3) is 6.09. The van der Waals surface area contributed by atoms with E-state index in [1.165, 1.54) is 54.6 Å². The van der Waals surface area contributed by atoms with Crippen molar-refractivity contribution in [2.24, 2.45) is 11.7 Å². The minimum Gasteiger partial charge on any atom is -0.353 e. The summed E-state index contributed by atoms with van der Waals surface area (Å²) in [6.07, 6.45) is 8.44. The molecule has 4 rings (SSSR count). The van der Waals surface area contributed by atoms with E-state index in [1.54, 1.807) is 0 Å². The van der Waals surface area contributed by atoms with Crippen LogP contribution in [0.25, 0.3) is 10.1 Å². The van der Waals surface area contributed by atoms with Crippen LogP contribution < -0.4 is 10.6 Å². The zero-order chi connectivity index (χ0) is 16.4. The minimum absolute atomic E-state index is 0. The number of pyridine rings is 1. The molecule has 1 aliphatic carbocycles. The number of hydrogen-bond acceptors (Lipinski definition) is 5. The van der Waals surface area contributed by atoms with Gasteiger partial charge in [0.15, 0.2) is 0 Å². The molecule has 1 aliphatic heterocycles. The van der Waals surface area contributed by atoms with Gasteiger partial charge >= 0.3 is 0 Å². The summed E-state index contributed by atoms with van der Waals surface area (Å²) in [5, 5.41) is 3.49. The van der Waals surface area contributed by atoms with Crippen LogP contribution in [0.1, 0.15) is 32.1 Å². The first kappa shape index (κ1) is 24.7. The molecule has 0 radical (unpaired) electrons. The molecule has 2 aliphatic rings. The Morgan fingerprint density at radius 3 is 2.41 bits per heavy atom. The Hall–Kier alpha value is -0.300. The molecular formula is C19H31Cl3N4S. The number of halogens is 3. The van der Waals surface area contributed by atoms with Crippen molar-refractivity contribution in [2.45, 2.75) is 38.1 Å². The van der Waals surface area contributed by atoms with Gasteiger partial charge in [0.05, 0.1) is 4.70 Å². The summed E-state index contributed by atoms with van der Waals surface area (Å²) in [7, 11) is 0. The third-order valence-corrected chi connectivity index (χ3v) is 6.69. The van der Waals surface area contributed by atoms with Gasteiger partial charge in [-0.1, -0.05) is 0 Å². The van der Waals surface area contributed by atoms with Crippen molar-refractivity contribution in [1.29, 1.82) is 0 Å². The highest BCUT2D eigenvalue weighted by Gasteiger charge is 2.22. The molecule has 2 aromatic rings. The van der Waals surface area contributed by atoms with Crippen LogP contribution in [0.15, 0.2) is 23.7 Å². The Balaban J connectivity index is 0.00000121. The van der Waals surface area contributed by atoms with Crippen molar-refractivity contribution in [2.75, 3.05) is 37.6 Å². The van der Waals surface area contributed by atoms with Gasteiger partial charge in [0.2, 0.25) is 0 Å². The van der Waals surface area contributed by atoms with Crippen molar-refractivity contribution in [3.63, 3.8) is 0 Å². The molecule has 0 spiro atoms. The van der Waals surface area contributed by atoms with Crippen LogP contribution in [-0.2, 0) is 0 Å². The van der Waals surface area contributed by atoms with E-state index in [1.807, 2.05) is 17.5 Å². The minimum atomic E-state index is 0. The largest absolute Gasteiger partial charge is 0.353 e. The lowest BCUT2D eigenvalue weighted by Crippen LogP contribution is -2.47. The summed E-state index contributed by atoms with van der Waals surface area (Å²) in [6.45, 7) is 5.77. The summed E-state index contributed by atoms with van der Waals surface area (Å²) in [5.74, 6) is 2.09. The molecule has 0 amide bonds. The Labute approximate surface area is 185 Å². The van der Waals surface area contributed by atoms with Gasteiger partial charge in [0.25, 0.3) is 0 Å². The predicted molar refractivity (Wildman–Crippen MR) is 125 cm³/mol. The van der Waals surface area contributed by atoms with Crippen LogP contribution in [0.4, 0.5) is 5.82 Å². The average molecular weight is 454 g/mol. The molecular weight excluding hydrogens is 423 g/mol. The fourth-order valence-corrected chi connectivity index (χ4v) is 5.04. The van der Waals surface area contributed by atoms with Crippen molar-refractivity contribution in [3.05, 3.63) is 23.7 Å². The van der Waals surface area contributed by atoms with E-state index in [0.717, 1.165) is 32.1 Å². The summed E-state index contributed by atoms with van der Waals surface area (Å²) in [4.78, 5) is 9.77. The Kier molecular flexibility index (Phi) is 10.7. The first-order chi connectivity index (χ1) is 11.8. The highest BCUT2D eigenvalue weighted by atomic mass is 35.5. The molecule has 0 aromatic carbocycles. The third-order valence-electron chi connectivity index (χ3n) is 5.77. The predicted octanol–water partition coefficient (Wildman–Crippen LogP) is 4.59. The summed E-state index contributed by atoms with van der Waals surface area (Å²) < 4.78 is 1.34. The van der Waals surface area contributed by atoms with Gasteiger partial charge in [0, 0.05) is 38.4 Å². The van der Waals surface area contributed by atoms with E-state index < -0.39 is 0 Å². The van der Waals surface area contributed by atoms with Crippen molar-refractivity contribution < 1.29 is 0 Å². The van der Waals surface area contributed by atoms with Gasteiger partial charge in [0.1, 0.15) is 5.82 Å². The van der Waals surface area contributed by atoms with Crippen LogP contribution in [0, 0.1) is 5.92 Å². The van der Waals surface area contributed by atoms with Gasteiger partial charge in [-0.2, -0.15) is 0 Å². The molecule has 1 saturated heterocycles. The average Bonchev–Trinajstić information content (AvgIpc) is 3.10. The SMILES string of the molecule is Cl.Cl.Cl.NC1CCC(CCN2CCN(c3nccc4ccsc34)CC2)CC1. The topological polar surface area (TPSA) is 45.4 Å². The van der Waals surface area contributed by atoms with Crippen LogP contribution >= 0.6 is 48.6 Å². The second-order valence-corrected chi connectivity index (χ2v) is 8.29. The van der Waals surface area contributed by atoms with E-state index in [2.05, 4.69) is 32.3 Å². The maximum Gasteiger partial charge on any atom is 0.146 e. The van der Waals surface area contributed by atoms with E-state index in [-0.39, 0.29) is 37.2 Å². The number of aromatic nitrogens is 1. The number of piperazine rings is 1. The van der Waals surface area contributed by atoms with Gasteiger partial charge in [-0.05, 0) is 67.5 Å². The summed E-state index contributed by atoms with van der Waals surface area (Å²) in [5.41, 5.74) is 6.02. The molecule has 0 bridgehead atoms. The molecule has 4 nitrogen and oxygen atoms in total. The smallest absolute Gasteiger partial charge is 0.146 e. The number of rotatable bonds is 4. The standard InChI is InChI=1S/C19H28N4S.3ClH/c20-17-3-1-15(2-4-17)6-9-22-10-12-23(13-11-22)19-18-16(5-8-21-19)7-14-24-18;;;/h5,7-8,14-15,17H,1-4,6,9-13,20H2;3*1H. The van der Waals surface area contributed by atoms with Gasteiger partial charge in [-0.15, -0.1) is 48.6 Å². The number of thiophene rings is 1. The molecule has 154 valence electrons. The highest BCUT2D eigenvalue weighted by molar-refractivity contribution is 7.17. The molecule has 27 heavy (non-hydrogen) atoms. The quantitative estimate of drug-likeness (QED) is 0.735. The number of hydrogen-bond donors (Lipinski definition) is 1. The molecule has 2 fully saturated rings. The van der Waals surface area contributed by atoms with Gasteiger partial charge in [-0.3, -0.25) is 4.90 Å². The first-order valence-corrected chi connectivity index (χ1v) is 10.2. The highest BCUT2D eigenvalue weighted by Crippen LogP contribution is 2.30. The van der Waals surface area contributed by atoms with Gasteiger partial charge < -0.3 is 10.6 Å². The van der Waals surface area contributed by atoms with Crippen molar-refractivity contribution >= 4 is 64.5 Å². The fourth-order valence-electron chi connectivity index (χ4n) is 4.13. The second kappa shape index (κ2) is 11.6. The Morgan fingerprint density at radius 2 is 1.70 bits per heavy atom. The number of nitrogens with zero attached hydrogens (tertiary/aromatic N) is 3. The zero-order valence-electron chi connectivity index (χ0n) is 15.6. The van der Waals surface area contributed by atoms with Crippen LogP contribution in [0.3, 0.4) is 0 Å². The lowest BCUT2D eigenvalue weighted by molar-refractivity contribution is 0.216. The molecule has 0 unspecified atom stereocenters. The molecule has 2 aromatic heterocycles. The van der Waals surface area contributed by atoms with E-state index in [0.29, 0.717) is 6.04 Å². The molecule has 1 saturated carbocycles. The first-order valence-electron chi connectivity index (χ1n) is 9.34. The summed E-state index contributed by atoms with van der Waals surface area (Å²) >= 11 is 1.81. The van der Waals surface area contributed by atoms with Gasteiger partial charge in [-0.25, -0.2) is 4.98 Å². The van der Waals surface area contributed by atoms with E-state index in [9.17, 15) is 0 Å². The monoisotopic (exact) mass is 452 g/mol. The normalized spacial score (nSPS) is 23.2. The zero-order valence-corrected chi connectivity index (χ0v) is 18.9. The molecule has 2 N–H and O–H groups in total. The Bertz CT molecular complexity index is 668. The fraction of sp³-hybridized carbons (Fsp3) is 0.632. The van der Waals surface area contributed by atoms with Crippen molar-refractivity contribution in [3.8, 4) is 0 Å². The number of fused-ring (bicyclic) bond motifs is 1. The molecule has 8 heteroatoms. The van der Waals surface area contributed by atoms with E-state index >= 15 is 0 Å². The lowest BCUT2D eigenvalue weighted by Gasteiger charge is -2.36. The van der Waals surface area contributed by atoms with E-state index in [4.69, 9.17) is 5.73 Å².